The summed E-state index contributed by atoms with van der Waals surface area (Å²) in [4.78, 5) is 0. The Kier molecular flexibility index (Phi) is 5.48. The Morgan fingerprint density at radius 1 is 1.25 bits per heavy atom. The normalized spacial score (nSPS) is 13.1. The van der Waals surface area contributed by atoms with E-state index in [0.29, 0.717) is 10.0 Å². The lowest BCUT2D eigenvalue weighted by atomic mass is 10.1. The van der Waals surface area contributed by atoms with Gasteiger partial charge in [-0.3, -0.25) is 5.84 Å². The van der Waals surface area contributed by atoms with Gasteiger partial charge in [0.05, 0.1) is 6.04 Å². The summed E-state index contributed by atoms with van der Waals surface area (Å²) in [5.74, 6) is 5.46. The number of rotatable bonds is 5. The van der Waals surface area contributed by atoms with Crippen LogP contribution in [0.1, 0.15) is 11.6 Å². The third kappa shape index (κ3) is 3.07. The molecule has 0 heterocycles. The second-order valence-electron chi connectivity index (χ2n) is 3.15. The van der Waals surface area contributed by atoms with Crippen LogP contribution in [0.5, 0.6) is 0 Å². The Balaban J connectivity index is 3.06. The molecule has 90 valence electrons. The van der Waals surface area contributed by atoms with Crippen LogP contribution in [-0.2, 0) is 9.47 Å². The first kappa shape index (κ1) is 13.7. The molecule has 1 unspecified atom stereocenters. The number of nitrogens with one attached hydrogen (secondary N) is 1. The van der Waals surface area contributed by atoms with Gasteiger partial charge in [0, 0.05) is 24.3 Å². The van der Waals surface area contributed by atoms with Crippen molar-refractivity contribution < 1.29 is 9.47 Å². The fourth-order valence-electron chi connectivity index (χ4n) is 1.44. The average Bonchev–Trinajstić information content (AvgIpc) is 2.29. The molecule has 0 bridgehead atoms. The third-order valence-corrected chi connectivity index (χ3v) is 2.79. The lowest BCUT2D eigenvalue weighted by molar-refractivity contribution is -0.124. The average molecular weight is 265 g/mol. The molecule has 0 saturated heterocycles. The zero-order valence-electron chi connectivity index (χ0n) is 9.04. The van der Waals surface area contributed by atoms with Crippen molar-refractivity contribution in [1.29, 1.82) is 0 Å². The fourth-order valence-corrected chi connectivity index (χ4v) is 1.85. The zero-order valence-corrected chi connectivity index (χ0v) is 10.5. The Morgan fingerprint density at radius 3 is 2.38 bits per heavy atom. The van der Waals surface area contributed by atoms with Gasteiger partial charge in [-0.25, -0.2) is 5.43 Å². The maximum Gasteiger partial charge on any atom is 0.177 e. The lowest BCUT2D eigenvalue weighted by Gasteiger charge is -2.25. The molecule has 16 heavy (non-hydrogen) atoms. The summed E-state index contributed by atoms with van der Waals surface area (Å²) in [5.41, 5.74) is 3.32. The highest BCUT2D eigenvalue weighted by atomic mass is 35.5. The van der Waals surface area contributed by atoms with Crippen molar-refractivity contribution in [2.24, 2.45) is 5.84 Å². The Hall–Kier alpha value is -0.360. The van der Waals surface area contributed by atoms with Gasteiger partial charge in [-0.05, 0) is 23.8 Å². The van der Waals surface area contributed by atoms with E-state index in [-0.39, 0.29) is 6.04 Å². The highest BCUT2D eigenvalue weighted by Gasteiger charge is 2.23. The summed E-state index contributed by atoms with van der Waals surface area (Å²) in [6, 6.07) is 4.74. The van der Waals surface area contributed by atoms with Gasteiger partial charge in [0.1, 0.15) is 0 Å². The van der Waals surface area contributed by atoms with Gasteiger partial charge < -0.3 is 9.47 Å². The van der Waals surface area contributed by atoms with E-state index in [9.17, 15) is 0 Å². The Labute approximate surface area is 105 Å². The maximum atomic E-state index is 6.06. The van der Waals surface area contributed by atoms with Crippen molar-refractivity contribution in [2.45, 2.75) is 12.3 Å². The number of methoxy groups -OCH3 is 2. The van der Waals surface area contributed by atoms with E-state index in [1.54, 1.807) is 18.2 Å². The Morgan fingerprint density at radius 2 is 1.88 bits per heavy atom. The number of ether oxygens (including phenoxy) is 2. The summed E-state index contributed by atoms with van der Waals surface area (Å²) < 4.78 is 10.3. The standard InChI is InChI=1S/C10H14Cl2N2O2/c1-15-10(16-2)9(14-13)7-5-6(11)3-4-8(7)12/h3-5,9-10,14H,13H2,1-2H3. The summed E-state index contributed by atoms with van der Waals surface area (Å²) in [7, 11) is 3.05. The predicted molar refractivity (Wildman–Crippen MR) is 64.3 cm³/mol. The van der Waals surface area contributed by atoms with Crippen molar-refractivity contribution in [2.75, 3.05) is 14.2 Å². The van der Waals surface area contributed by atoms with Gasteiger partial charge in [-0.2, -0.15) is 0 Å². The van der Waals surface area contributed by atoms with E-state index in [1.165, 1.54) is 14.2 Å². The van der Waals surface area contributed by atoms with Gasteiger partial charge >= 0.3 is 0 Å². The molecule has 1 aromatic carbocycles. The molecule has 0 aromatic heterocycles. The molecule has 0 aliphatic heterocycles. The minimum absolute atomic E-state index is 0.388. The van der Waals surface area contributed by atoms with Crippen LogP contribution in [0.4, 0.5) is 0 Å². The van der Waals surface area contributed by atoms with Crippen molar-refractivity contribution in [3.63, 3.8) is 0 Å². The lowest BCUT2D eigenvalue weighted by Crippen LogP contribution is -2.38. The van der Waals surface area contributed by atoms with E-state index in [0.717, 1.165) is 5.56 Å². The van der Waals surface area contributed by atoms with Crippen LogP contribution in [0.15, 0.2) is 18.2 Å². The molecule has 0 aliphatic rings. The monoisotopic (exact) mass is 264 g/mol. The molecule has 0 amide bonds. The highest BCUT2D eigenvalue weighted by Crippen LogP contribution is 2.28. The number of benzene rings is 1. The predicted octanol–water partition coefficient (Wildman–Crippen LogP) is 2.12. The van der Waals surface area contributed by atoms with Crippen LogP contribution in [0.2, 0.25) is 10.0 Å². The molecular weight excluding hydrogens is 251 g/mol. The molecular formula is C10H14Cl2N2O2. The number of hydrazine groups is 1. The van der Waals surface area contributed by atoms with Crippen LogP contribution in [-0.4, -0.2) is 20.5 Å². The summed E-state index contributed by atoms with van der Waals surface area (Å²) in [6.45, 7) is 0. The molecule has 0 aliphatic carbocycles. The number of hydrogen-bond acceptors (Lipinski definition) is 4. The molecule has 6 heteroatoms. The van der Waals surface area contributed by atoms with E-state index in [1.807, 2.05) is 0 Å². The van der Waals surface area contributed by atoms with Gasteiger partial charge in [0.15, 0.2) is 6.29 Å². The molecule has 0 radical (unpaired) electrons. The molecule has 0 saturated carbocycles. The first-order valence-electron chi connectivity index (χ1n) is 4.60. The van der Waals surface area contributed by atoms with Crippen LogP contribution in [0.25, 0.3) is 0 Å². The minimum Gasteiger partial charge on any atom is -0.354 e. The third-order valence-electron chi connectivity index (χ3n) is 2.21. The van der Waals surface area contributed by atoms with Crippen LogP contribution >= 0.6 is 23.2 Å². The highest BCUT2D eigenvalue weighted by molar-refractivity contribution is 6.33. The van der Waals surface area contributed by atoms with E-state index in [2.05, 4.69) is 5.43 Å². The summed E-state index contributed by atoms with van der Waals surface area (Å²) in [5, 5.41) is 1.12. The zero-order chi connectivity index (χ0) is 12.1. The second-order valence-corrected chi connectivity index (χ2v) is 3.99. The molecule has 4 nitrogen and oxygen atoms in total. The van der Waals surface area contributed by atoms with Crippen LogP contribution in [0, 0.1) is 0 Å². The minimum atomic E-state index is -0.541. The van der Waals surface area contributed by atoms with Crippen molar-refractivity contribution in [1.82, 2.24) is 5.43 Å². The topological polar surface area (TPSA) is 56.5 Å². The van der Waals surface area contributed by atoms with E-state index >= 15 is 0 Å². The van der Waals surface area contributed by atoms with Crippen LogP contribution < -0.4 is 11.3 Å². The smallest absolute Gasteiger partial charge is 0.177 e. The van der Waals surface area contributed by atoms with E-state index < -0.39 is 6.29 Å². The van der Waals surface area contributed by atoms with Crippen LogP contribution in [0.3, 0.4) is 0 Å². The van der Waals surface area contributed by atoms with Gasteiger partial charge in [-0.1, -0.05) is 23.2 Å². The fraction of sp³-hybridized carbons (Fsp3) is 0.400. The quantitative estimate of drug-likeness (QED) is 0.486. The van der Waals surface area contributed by atoms with Gasteiger partial charge in [-0.15, -0.1) is 0 Å². The molecule has 1 atom stereocenters. The molecule has 1 aromatic rings. The van der Waals surface area contributed by atoms with Crippen molar-refractivity contribution in [3.05, 3.63) is 33.8 Å². The summed E-state index contributed by atoms with van der Waals surface area (Å²) >= 11 is 12.0. The molecule has 3 N–H and O–H groups in total. The second kappa shape index (κ2) is 6.39. The SMILES string of the molecule is COC(OC)C(NN)c1cc(Cl)ccc1Cl. The van der Waals surface area contributed by atoms with E-state index in [4.69, 9.17) is 38.5 Å². The van der Waals surface area contributed by atoms with Gasteiger partial charge in [0.25, 0.3) is 0 Å². The summed E-state index contributed by atoms with van der Waals surface area (Å²) in [6.07, 6.45) is -0.541. The molecule has 1 rings (SSSR count). The van der Waals surface area contributed by atoms with Crippen molar-refractivity contribution >= 4 is 23.2 Å². The Bertz CT molecular complexity index is 346. The number of hydrogen-bond donors (Lipinski definition) is 2. The number of halogens is 2. The first-order chi connectivity index (χ1) is 7.63. The first-order valence-corrected chi connectivity index (χ1v) is 5.36. The molecule has 0 spiro atoms. The van der Waals surface area contributed by atoms with Crippen molar-refractivity contribution in [3.8, 4) is 0 Å². The van der Waals surface area contributed by atoms with Gasteiger partial charge in [0.2, 0.25) is 0 Å². The maximum absolute atomic E-state index is 6.06. The molecule has 0 fully saturated rings. The number of nitrogens with two attached hydrogens (primary N) is 1. The largest absolute Gasteiger partial charge is 0.354 e.